The number of aromatic nitrogens is 4. The second-order valence-corrected chi connectivity index (χ2v) is 5.72. The summed E-state index contributed by atoms with van der Waals surface area (Å²) in [4.78, 5) is 29.2. The standard InChI is InChI=1S/C18H19N5O2/c1-4-23-11(2)8-9-15(18(23)25)17(24)20-14-7-5-6-13(10-14)16-19-12(3)21-22-16/h5-10H,4H2,1-3H3,(H,20,24)(H,19,21,22). The molecule has 0 radical (unpaired) electrons. The molecule has 2 aromatic heterocycles. The molecule has 7 nitrogen and oxygen atoms in total. The Bertz CT molecular complexity index is 987. The lowest BCUT2D eigenvalue weighted by Crippen LogP contribution is -2.29. The van der Waals surface area contributed by atoms with Crippen LogP contribution in [0.15, 0.2) is 41.2 Å². The second kappa shape index (κ2) is 6.72. The van der Waals surface area contributed by atoms with Crippen LogP contribution in [0.25, 0.3) is 11.4 Å². The fraction of sp³-hybridized carbons (Fsp3) is 0.222. The third-order valence-corrected chi connectivity index (χ3v) is 3.93. The minimum atomic E-state index is -0.435. The molecule has 7 heteroatoms. The van der Waals surface area contributed by atoms with E-state index in [2.05, 4.69) is 20.5 Å². The number of carbonyl (C=O) groups excluding carboxylic acids is 1. The van der Waals surface area contributed by atoms with Crippen molar-refractivity contribution >= 4 is 11.6 Å². The molecular formula is C18H19N5O2. The van der Waals surface area contributed by atoms with Gasteiger partial charge in [-0.05, 0) is 45.0 Å². The molecule has 0 aliphatic rings. The van der Waals surface area contributed by atoms with E-state index in [0.29, 0.717) is 23.9 Å². The Morgan fingerprint density at radius 3 is 2.72 bits per heavy atom. The van der Waals surface area contributed by atoms with Crippen LogP contribution in [0.1, 0.15) is 28.8 Å². The maximum absolute atomic E-state index is 12.5. The molecule has 0 aliphatic carbocycles. The van der Waals surface area contributed by atoms with E-state index in [9.17, 15) is 9.59 Å². The van der Waals surface area contributed by atoms with Crippen LogP contribution in [0.5, 0.6) is 0 Å². The number of nitrogens with zero attached hydrogens (tertiary/aromatic N) is 3. The van der Waals surface area contributed by atoms with Gasteiger partial charge in [0.1, 0.15) is 11.4 Å². The van der Waals surface area contributed by atoms with Crippen molar-refractivity contribution in [2.45, 2.75) is 27.3 Å². The van der Waals surface area contributed by atoms with Crippen molar-refractivity contribution in [1.29, 1.82) is 0 Å². The fourth-order valence-electron chi connectivity index (χ4n) is 2.64. The van der Waals surface area contributed by atoms with Gasteiger partial charge < -0.3 is 9.88 Å². The summed E-state index contributed by atoms with van der Waals surface area (Å²) in [7, 11) is 0. The molecule has 2 heterocycles. The monoisotopic (exact) mass is 337 g/mol. The molecule has 0 spiro atoms. The van der Waals surface area contributed by atoms with Crippen molar-refractivity contribution < 1.29 is 4.79 Å². The first-order chi connectivity index (χ1) is 12.0. The lowest BCUT2D eigenvalue weighted by Gasteiger charge is -2.10. The van der Waals surface area contributed by atoms with E-state index in [0.717, 1.165) is 11.3 Å². The Labute approximate surface area is 144 Å². The zero-order valence-electron chi connectivity index (χ0n) is 14.3. The molecule has 25 heavy (non-hydrogen) atoms. The molecule has 3 aromatic rings. The minimum absolute atomic E-state index is 0.117. The van der Waals surface area contributed by atoms with Crippen LogP contribution in [-0.4, -0.2) is 25.7 Å². The van der Waals surface area contributed by atoms with Crippen molar-refractivity contribution in [1.82, 2.24) is 19.7 Å². The van der Waals surface area contributed by atoms with Gasteiger partial charge in [-0.25, -0.2) is 4.98 Å². The molecule has 0 saturated heterocycles. The molecule has 0 atom stereocenters. The molecule has 2 N–H and O–H groups in total. The zero-order valence-corrected chi connectivity index (χ0v) is 14.3. The van der Waals surface area contributed by atoms with Gasteiger partial charge >= 0.3 is 0 Å². The lowest BCUT2D eigenvalue weighted by molar-refractivity contribution is 0.102. The largest absolute Gasteiger partial charge is 0.322 e. The third kappa shape index (κ3) is 3.35. The van der Waals surface area contributed by atoms with Crippen LogP contribution >= 0.6 is 0 Å². The minimum Gasteiger partial charge on any atom is -0.322 e. The molecule has 0 aliphatic heterocycles. The van der Waals surface area contributed by atoms with E-state index in [1.165, 1.54) is 0 Å². The predicted octanol–water partition coefficient (Wildman–Crippen LogP) is 2.52. The zero-order chi connectivity index (χ0) is 18.0. The van der Waals surface area contributed by atoms with Crippen LogP contribution in [-0.2, 0) is 6.54 Å². The number of aryl methyl sites for hydroxylation is 2. The van der Waals surface area contributed by atoms with Crippen LogP contribution in [0, 0.1) is 13.8 Å². The summed E-state index contributed by atoms with van der Waals surface area (Å²) < 4.78 is 1.57. The van der Waals surface area contributed by atoms with Crippen molar-refractivity contribution in [3.63, 3.8) is 0 Å². The average Bonchev–Trinajstić information content (AvgIpc) is 3.02. The van der Waals surface area contributed by atoms with E-state index < -0.39 is 5.91 Å². The van der Waals surface area contributed by atoms with E-state index in [-0.39, 0.29) is 11.1 Å². The maximum Gasteiger partial charge on any atom is 0.263 e. The van der Waals surface area contributed by atoms with Gasteiger partial charge in [-0.3, -0.25) is 14.7 Å². The summed E-state index contributed by atoms with van der Waals surface area (Å²) in [6, 6.07) is 10.5. The molecule has 0 saturated carbocycles. The molecule has 1 amide bonds. The molecule has 0 bridgehead atoms. The van der Waals surface area contributed by atoms with E-state index >= 15 is 0 Å². The summed E-state index contributed by atoms with van der Waals surface area (Å²) in [6.45, 7) is 6.05. The maximum atomic E-state index is 12.5. The van der Waals surface area contributed by atoms with Crippen molar-refractivity contribution in [2.75, 3.05) is 5.32 Å². The van der Waals surface area contributed by atoms with Crippen molar-refractivity contribution in [3.8, 4) is 11.4 Å². The highest BCUT2D eigenvalue weighted by molar-refractivity contribution is 6.04. The Morgan fingerprint density at radius 1 is 1.24 bits per heavy atom. The van der Waals surface area contributed by atoms with E-state index in [4.69, 9.17) is 0 Å². The van der Waals surface area contributed by atoms with Gasteiger partial charge in [0.15, 0.2) is 5.82 Å². The number of hydrogen-bond acceptors (Lipinski definition) is 4. The molecule has 0 fully saturated rings. The van der Waals surface area contributed by atoms with Crippen molar-refractivity contribution in [2.24, 2.45) is 0 Å². The lowest BCUT2D eigenvalue weighted by atomic mass is 10.1. The SMILES string of the molecule is CCn1c(C)ccc(C(=O)Nc2cccc(-c3n[nH]c(C)n3)c2)c1=O. The molecule has 128 valence electrons. The number of aromatic amines is 1. The smallest absolute Gasteiger partial charge is 0.263 e. The predicted molar refractivity (Wildman–Crippen MR) is 95.6 cm³/mol. The average molecular weight is 337 g/mol. The Morgan fingerprint density at radius 2 is 2.04 bits per heavy atom. The van der Waals surface area contributed by atoms with Crippen molar-refractivity contribution in [3.05, 3.63) is 63.8 Å². The second-order valence-electron chi connectivity index (χ2n) is 5.72. The van der Waals surface area contributed by atoms with Crippen LogP contribution in [0.4, 0.5) is 5.69 Å². The third-order valence-electron chi connectivity index (χ3n) is 3.93. The summed E-state index contributed by atoms with van der Waals surface area (Å²) in [5.41, 5.74) is 2.00. The van der Waals surface area contributed by atoms with E-state index in [1.807, 2.05) is 26.8 Å². The Kier molecular flexibility index (Phi) is 4.47. The van der Waals surface area contributed by atoms with Gasteiger partial charge in [-0.2, -0.15) is 5.10 Å². The van der Waals surface area contributed by atoms with Gasteiger partial charge in [0.25, 0.3) is 11.5 Å². The number of rotatable bonds is 4. The number of H-pyrrole nitrogens is 1. The Hall–Kier alpha value is -3.22. The molecule has 0 unspecified atom stereocenters. The van der Waals surface area contributed by atoms with Gasteiger partial charge in [0, 0.05) is 23.5 Å². The normalized spacial score (nSPS) is 10.7. The quantitative estimate of drug-likeness (QED) is 0.765. The molecule has 3 rings (SSSR count). The summed E-state index contributed by atoms with van der Waals surface area (Å²) in [5.74, 6) is 0.831. The van der Waals surface area contributed by atoms with Gasteiger partial charge in [-0.1, -0.05) is 12.1 Å². The highest BCUT2D eigenvalue weighted by atomic mass is 16.2. The molecule has 1 aromatic carbocycles. The van der Waals surface area contributed by atoms with Crippen LogP contribution in [0.3, 0.4) is 0 Å². The highest BCUT2D eigenvalue weighted by Gasteiger charge is 2.14. The number of hydrogen-bond donors (Lipinski definition) is 2. The number of amides is 1. The van der Waals surface area contributed by atoms with Gasteiger partial charge in [-0.15, -0.1) is 0 Å². The Balaban J connectivity index is 1.88. The number of benzene rings is 1. The van der Waals surface area contributed by atoms with Crippen LogP contribution in [0.2, 0.25) is 0 Å². The fourth-order valence-corrected chi connectivity index (χ4v) is 2.64. The first kappa shape index (κ1) is 16.6. The van der Waals surface area contributed by atoms with Crippen LogP contribution < -0.4 is 10.9 Å². The van der Waals surface area contributed by atoms with Gasteiger partial charge in [0.2, 0.25) is 0 Å². The summed E-state index contributed by atoms with van der Waals surface area (Å²) >= 11 is 0. The summed E-state index contributed by atoms with van der Waals surface area (Å²) in [5, 5.41) is 9.66. The first-order valence-electron chi connectivity index (χ1n) is 8.01. The topological polar surface area (TPSA) is 92.7 Å². The molecular weight excluding hydrogens is 318 g/mol. The highest BCUT2D eigenvalue weighted by Crippen LogP contribution is 2.19. The first-order valence-corrected chi connectivity index (χ1v) is 8.01. The van der Waals surface area contributed by atoms with Gasteiger partial charge in [0.05, 0.1) is 0 Å². The van der Waals surface area contributed by atoms with E-state index in [1.54, 1.807) is 34.9 Å². The number of anilines is 1. The summed E-state index contributed by atoms with van der Waals surface area (Å²) in [6.07, 6.45) is 0. The number of pyridine rings is 1. The number of carbonyl (C=O) groups is 1. The number of nitrogens with one attached hydrogen (secondary N) is 2.